The summed E-state index contributed by atoms with van der Waals surface area (Å²) in [4.78, 5) is 11.5. The maximum atomic E-state index is 11.5. The van der Waals surface area contributed by atoms with Gasteiger partial charge in [-0.1, -0.05) is 0 Å². The summed E-state index contributed by atoms with van der Waals surface area (Å²) in [5.74, 6) is 0. The molecule has 0 aliphatic heterocycles. The maximum Gasteiger partial charge on any atom is 0.407 e. The summed E-state index contributed by atoms with van der Waals surface area (Å²) in [5.41, 5.74) is -0.495. The number of ether oxygens (including phenoxy) is 2. The van der Waals surface area contributed by atoms with Gasteiger partial charge in [-0.05, 0) is 47.5 Å². The van der Waals surface area contributed by atoms with Crippen LogP contribution >= 0.6 is 0 Å². The van der Waals surface area contributed by atoms with Crippen LogP contribution in [0.4, 0.5) is 4.79 Å². The van der Waals surface area contributed by atoms with Crippen LogP contribution in [-0.2, 0) is 9.47 Å². The quantitative estimate of drug-likeness (QED) is 0.808. The summed E-state index contributed by atoms with van der Waals surface area (Å²) in [6.45, 7) is 10.4. The molecule has 1 aliphatic rings. The van der Waals surface area contributed by atoms with Crippen molar-refractivity contribution in [2.24, 2.45) is 0 Å². The summed E-state index contributed by atoms with van der Waals surface area (Å²) in [6, 6.07) is 0.186. The van der Waals surface area contributed by atoms with Crippen molar-refractivity contribution in [2.75, 3.05) is 6.61 Å². The molecule has 1 saturated carbocycles. The van der Waals surface area contributed by atoms with E-state index in [-0.39, 0.29) is 17.7 Å². The highest BCUT2D eigenvalue weighted by atomic mass is 16.6. The van der Waals surface area contributed by atoms with E-state index in [0.717, 1.165) is 19.4 Å². The monoisotopic (exact) mass is 229 g/mol. The zero-order chi connectivity index (χ0) is 12.4. The Kier molecular flexibility index (Phi) is 3.84. The lowest BCUT2D eigenvalue weighted by Gasteiger charge is -2.44. The number of hydrogen-bond acceptors (Lipinski definition) is 3. The summed E-state index contributed by atoms with van der Waals surface area (Å²) in [5, 5.41) is 2.85. The standard InChI is InChI=1S/C12H23NO3/c1-6-15-12(5)7-9(8-12)13-10(14)16-11(2,3)4/h9H,6-8H2,1-5H3,(H,13,14). The first kappa shape index (κ1) is 13.3. The molecule has 0 aromatic carbocycles. The third-order valence-corrected chi connectivity index (χ3v) is 2.57. The van der Waals surface area contributed by atoms with Crippen LogP contribution in [0.15, 0.2) is 0 Å². The minimum atomic E-state index is -0.433. The zero-order valence-corrected chi connectivity index (χ0v) is 10.9. The zero-order valence-electron chi connectivity index (χ0n) is 10.9. The number of carbonyl (C=O) groups is 1. The predicted octanol–water partition coefficient (Wildman–Crippen LogP) is 2.47. The Balaban J connectivity index is 2.25. The number of amides is 1. The van der Waals surface area contributed by atoms with Crippen LogP contribution in [-0.4, -0.2) is 29.9 Å². The van der Waals surface area contributed by atoms with Crippen molar-refractivity contribution in [3.8, 4) is 0 Å². The predicted molar refractivity (Wildman–Crippen MR) is 62.4 cm³/mol. The van der Waals surface area contributed by atoms with Crippen LogP contribution in [0.1, 0.15) is 47.5 Å². The molecule has 16 heavy (non-hydrogen) atoms. The Morgan fingerprint density at radius 2 is 2.00 bits per heavy atom. The van der Waals surface area contributed by atoms with Gasteiger partial charge in [0, 0.05) is 12.6 Å². The molecule has 0 heterocycles. The molecule has 4 heteroatoms. The van der Waals surface area contributed by atoms with Crippen LogP contribution in [0, 0.1) is 0 Å². The van der Waals surface area contributed by atoms with Crippen molar-refractivity contribution in [3.63, 3.8) is 0 Å². The van der Waals surface area contributed by atoms with Gasteiger partial charge in [0.05, 0.1) is 5.60 Å². The Morgan fingerprint density at radius 1 is 1.44 bits per heavy atom. The van der Waals surface area contributed by atoms with E-state index in [2.05, 4.69) is 12.2 Å². The topological polar surface area (TPSA) is 47.6 Å². The second kappa shape index (κ2) is 4.62. The highest BCUT2D eigenvalue weighted by molar-refractivity contribution is 5.68. The average Bonchev–Trinajstić information content (AvgIpc) is 1.97. The minimum Gasteiger partial charge on any atom is -0.444 e. The van der Waals surface area contributed by atoms with Crippen molar-refractivity contribution in [3.05, 3.63) is 0 Å². The lowest BCUT2D eigenvalue weighted by molar-refractivity contribution is -0.0962. The van der Waals surface area contributed by atoms with Crippen molar-refractivity contribution >= 4 is 6.09 Å². The molecule has 1 N–H and O–H groups in total. The lowest BCUT2D eigenvalue weighted by Crippen LogP contribution is -2.55. The number of alkyl carbamates (subject to hydrolysis) is 1. The van der Waals surface area contributed by atoms with Gasteiger partial charge < -0.3 is 14.8 Å². The van der Waals surface area contributed by atoms with Crippen LogP contribution in [0.2, 0.25) is 0 Å². The van der Waals surface area contributed by atoms with E-state index in [1.807, 2.05) is 27.7 Å². The summed E-state index contributed by atoms with van der Waals surface area (Å²) < 4.78 is 10.8. The lowest BCUT2D eigenvalue weighted by atomic mass is 9.77. The molecule has 0 atom stereocenters. The van der Waals surface area contributed by atoms with Crippen molar-refractivity contribution < 1.29 is 14.3 Å². The molecule has 0 saturated heterocycles. The third kappa shape index (κ3) is 4.00. The van der Waals surface area contributed by atoms with E-state index < -0.39 is 5.60 Å². The van der Waals surface area contributed by atoms with E-state index in [1.54, 1.807) is 0 Å². The van der Waals surface area contributed by atoms with Crippen LogP contribution in [0.5, 0.6) is 0 Å². The van der Waals surface area contributed by atoms with E-state index >= 15 is 0 Å². The maximum absolute atomic E-state index is 11.5. The Bertz CT molecular complexity index is 251. The van der Waals surface area contributed by atoms with Crippen LogP contribution in [0.25, 0.3) is 0 Å². The van der Waals surface area contributed by atoms with Gasteiger partial charge in [-0.15, -0.1) is 0 Å². The molecule has 0 spiro atoms. The summed E-state index contributed by atoms with van der Waals surface area (Å²) in [6.07, 6.45) is 1.39. The molecular formula is C12H23NO3. The molecule has 1 fully saturated rings. The fourth-order valence-electron chi connectivity index (χ4n) is 2.03. The highest BCUT2D eigenvalue weighted by Crippen LogP contribution is 2.35. The van der Waals surface area contributed by atoms with E-state index in [1.165, 1.54) is 0 Å². The SMILES string of the molecule is CCOC1(C)CC(NC(=O)OC(C)(C)C)C1. The molecule has 0 unspecified atom stereocenters. The number of hydrogen-bond donors (Lipinski definition) is 1. The van der Waals surface area contributed by atoms with E-state index in [4.69, 9.17) is 9.47 Å². The molecule has 1 amide bonds. The molecule has 1 rings (SSSR count). The first-order chi connectivity index (χ1) is 7.24. The van der Waals surface area contributed by atoms with Gasteiger partial charge in [0.2, 0.25) is 0 Å². The highest BCUT2D eigenvalue weighted by Gasteiger charge is 2.42. The third-order valence-electron chi connectivity index (χ3n) is 2.57. The summed E-state index contributed by atoms with van der Waals surface area (Å²) >= 11 is 0. The fourth-order valence-corrected chi connectivity index (χ4v) is 2.03. The first-order valence-corrected chi connectivity index (χ1v) is 5.87. The van der Waals surface area contributed by atoms with Gasteiger partial charge in [-0.3, -0.25) is 0 Å². The second-order valence-electron chi connectivity index (χ2n) is 5.63. The van der Waals surface area contributed by atoms with Gasteiger partial charge in [-0.25, -0.2) is 4.79 Å². The second-order valence-corrected chi connectivity index (χ2v) is 5.63. The van der Waals surface area contributed by atoms with Gasteiger partial charge in [0.25, 0.3) is 0 Å². The van der Waals surface area contributed by atoms with Crippen molar-refractivity contribution in [1.82, 2.24) is 5.32 Å². The molecule has 0 bridgehead atoms. The molecular weight excluding hydrogens is 206 g/mol. The number of carbonyl (C=O) groups excluding carboxylic acids is 1. The molecule has 0 radical (unpaired) electrons. The van der Waals surface area contributed by atoms with E-state index in [9.17, 15) is 4.79 Å². The van der Waals surface area contributed by atoms with Crippen LogP contribution in [0.3, 0.4) is 0 Å². The summed E-state index contributed by atoms with van der Waals surface area (Å²) in [7, 11) is 0. The molecule has 0 aromatic rings. The minimum absolute atomic E-state index is 0.0611. The Hall–Kier alpha value is -0.770. The average molecular weight is 229 g/mol. The van der Waals surface area contributed by atoms with Crippen molar-refractivity contribution in [2.45, 2.75) is 64.7 Å². The Labute approximate surface area is 97.7 Å². The van der Waals surface area contributed by atoms with Gasteiger partial charge >= 0.3 is 6.09 Å². The molecule has 4 nitrogen and oxygen atoms in total. The number of rotatable bonds is 3. The molecule has 94 valence electrons. The van der Waals surface area contributed by atoms with Gasteiger partial charge in [-0.2, -0.15) is 0 Å². The van der Waals surface area contributed by atoms with E-state index in [0.29, 0.717) is 0 Å². The molecule has 0 aromatic heterocycles. The normalized spacial score (nSPS) is 29.4. The van der Waals surface area contributed by atoms with Crippen molar-refractivity contribution in [1.29, 1.82) is 0 Å². The van der Waals surface area contributed by atoms with Crippen LogP contribution < -0.4 is 5.32 Å². The van der Waals surface area contributed by atoms with Gasteiger partial charge in [0.1, 0.15) is 5.60 Å². The largest absolute Gasteiger partial charge is 0.444 e. The Morgan fingerprint density at radius 3 is 2.44 bits per heavy atom. The smallest absolute Gasteiger partial charge is 0.407 e. The van der Waals surface area contributed by atoms with Gasteiger partial charge in [0.15, 0.2) is 0 Å². The molecule has 1 aliphatic carbocycles. The number of nitrogens with one attached hydrogen (secondary N) is 1. The first-order valence-electron chi connectivity index (χ1n) is 5.87. The fraction of sp³-hybridized carbons (Fsp3) is 0.917.